The van der Waals surface area contributed by atoms with Crippen molar-refractivity contribution in [3.05, 3.63) is 70.3 Å². The summed E-state index contributed by atoms with van der Waals surface area (Å²) >= 11 is 0. The van der Waals surface area contributed by atoms with Crippen molar-refractivity contribution in [3.63, 3.8) is 0 Å². The van der Waals surface area contributed by atoms with Crippen LogP contribution in [0.4, 0.5) is 8.78 Å². The molecular weight excluding hydrogens is 362 g/mol. The quantitative estimate of drug-likeness (QED) is 0.841. The fourth-order valence-corrected chi connectivity index (χ4v) is 3.72. The van der Waals surface area contributed by atoms with Gasteiger partial charge in [-0.25, -0.2) is 8.78 Å². The Morgan fingerprint density at radius 3 is 1.61 bits per heavy atom. The zero-order chi connectivity index (χ0) is 19.9. The molecule has 0 fully saturated rings. The molecule has 0 saturated heterocycles. The molecule has 2 aromatic rings. The summed E-state index contributed by atoms with van der Waals surface area (Å²) in [6.07, 6.45) is 1.77. The Morgan fingerprint density at radius 1 is 0.786 bits per heavy atom. The first-order chi connectivity index (χ1) is 13.6. The fraction of sp³-hybridized carbons (Fsp3) is 0.455. The van der Waals surface area contributed by atoms with Crippen LogP contribution in [0.3, 0.4) is 0 Å². The predicted octanol–water partition coefficient (Wildman–Crippen LogP) is 3.32. The topological polar surface area (TPSA) is 42.5 Å². The number of halogens is 2. The number of rotatable bonds is 4. The molecule has 0 amide bonds. The molecule has 4 rings (SSSR count). The maximum Gasteiger partial charge on any atom is 0.123 e. The van der Waals surface area contributed by atoms with Crippen LogP contribution in [0.5, 0.6) is 0 Å². The maximum atomic E-state index is 13.0. The minimum absolute atomic E-state index is 0.0735. The third-order valence-corrected chi connectivity index (χ3v) is 5.06. The van der Waals surface area contributed by atoms with Crippen molar-refractivity contribution in [2.75, 3.05) is 40.4 Å². The van der Waals surface area contributed by atoms with E-state index in [-0.39, 0.29) is 23.8 Å². The average molecular weight is 390 g/mol. The van der Waals surface area contributed by atoms with Crippen molar-refractivity contribution in [2.24, 2.45) is 0 Å². The van der Waals surface area contributed by atoms with Gasteiger partial charge in [-0.05, 0) is 73.5 Å². The van der Waals surface area contributed by atoms with E-state index in [0.29, 0.717) is 13.2 Å². The molecule has 0 unspecified atom stereocenters. The van der Waals surface area contributed by atoms with Crippen LogP contribution >= 0.6 is 0 Å². The van der Waals surface area contributed by atoms with Gasteiger partial charge in [0.1, 0.15) is 11.6 Å². The highest BCUT2D eigenvalue weighted by molar-refractivity contribution is 5.32. The van der Waals surface area contributed by atoms with Gasteiger partial charge in [-0.1, -0.05) is 12.1 Å². The number of hydrogen-bond donors (Lipinski definition) is 2. The Labute approximate surface area is 165 Å². The van der Waals surface area contributed by atoms with Gasteiger partial charge in [0.05, 0.1) is 25.4 Å². The molecule has 0 radical (unpaired) electrons. The van der Waals surface area contributed by atoms with Crippen molar-refractivity contribution in [1.29, 1.82) is 0 Å². The molecule has 2 heterocycles. The number of ether oxygens (including phenoxy) is 2. The standard InChI is InChI=1S/2C11H14FNO/c2*1-13-7-11-10-3-2-9(12)6-8(10)4-5-14-11/h2*2-3,6,11,13H,4-5,7H2,1H3/t2*11-/m10/s1. The molecule has 2 N–H and O–H groups in total. The van der Waals surface area contributed by atoms with E-state index in [1.807, 2.05) is 26.2 Å². The van der Waals surface area contributed by atoms with Crippen LogP contribution in [0, 0.1) is 11.6 Å². The van der Waals surface area contributed by atoms with Gasteiger partial charge in [0.25, 0.3) is 0 Å². The zero-order valence-corrected chi connectivity index (χ0v) is 16.4. The first-order valence-corrected chi connectivity index (χ1v) is 9.71. The van der Waals surface area contributed by atoms with Crippen LogP contribution < -0.4 is 10.6 Å². The highest BCUT2D eigenvalue weighted by Crippen LogP contribution is 2.27. The molecule has 2 atom stereocenters. The van der Waals surface area contributed by atoms with Crippen LogP contribution in [0.15, 0.2) is 36.4 Å². The lowest BCUT2D eigenvalue weighted by atomic mass is 9.97. The van der Waals surface area contributed by atoms with Crippen LogP contribution in [0.2, 0.25) is 0 Å². The zero-order valence-electron chi connectivity index (χ0n) is 16.4. The van der Waals surface area contributed by atoms with Crippen molar-refractivity contribution < 1.29 is 18.3 Å². The highest BCUT2D eigenvalue weighted by atomic mass is 19.1. The summed E-state index contributed by atoms with van der Waals surface area (Å²) in [5, 5.41) is 6.15. The van der Waals surface area contributed by atoms with Gasteiger partial charge in [-0.3, -0.25) is 0 Å². The molecule has 2 aliphatic heterocycles. The molecule has 0 aliphatic carbocycles. The fourth-order valence-electron chi connectivity index (χ4n) is 3.72. The van der Waals surface area contributed by atoms with Crippen LogP contribution in [-0.2, 0) is 22.3 Å². The Kier molecular flexibility index (Phi) is 7.50. The second-order valence-electron chi connectivity index (χ2n) is 7.02. The summed E-state index contributed by atoms with van der Waals surface area (Å²) in [5.41, 5.74) is 4.40. The first kappa shape index (κ1) is 20.9. The molecule has 6 heteroatoms. The van der Waals surface area contributed by atoms with Gasteiger partial charge < -0.3 is 20.1 Å². The summed E-state index contributed by atoms with van der Waals surface area (Å²) in [7, 11) is 3.78. The third kappa shape index (κ3) is 5.14. The number of likely N-dealkylation sites (N-methyl/N-ethyl adjacent to an activating group) is 2. The maximum absolute atomic E-state index is 13.0. The van der Waals surface area contributed by atoms with Crippen LogP contribution in [-0.4, -0.2) is 40.4 Å². The molecule has 28 heavy (non-hydrogen) atoms. The second kappa shape index (κ2) is 10.1. The Bertz CT molecular complexity index is 720. The predicted molar refractivity (Wildman–Crippen MR) is 105 cm³/mol. The van der Waals surface area contributed by atoms with E-state index in [9.17, 15) is 8.78 Å². The van der Waals surface area contributed by atoms with E-state index >= 15 is 0 Å². The lowest BCUT2D eigenvalue weighted by molar-refractivity contribution is 0.0436. The van der Waals surface area contributed by atoms with E-state index in [0.717, 1.165) is 48.2 Å². The smallest absolute Gasteiger partial charge is 0.123 e. The molecule has 0 spiro atoms. The lowest BCUT2D eigenvalue weighted by Gasteiger charge is -2.25. The largest absolute Gasteiger partial charge is 0.372 e. The molecule has 2 aromatic carbocycles. The van der Waals surface area contributed by atoms with Crippen molar-refractivity contribution in [1.82, 2.24) is 10.6 Å². The minimum Gasteiger partial charge on any atom is -0.372 e. The molecule has 0 bridgehead atoms. The van der Waals surface area contributed by atoms with E-state index in [2.05, 4.69) is 10.6 Å². The minimum atomic E-state index is -0.158. The average Bonchev–Trinajstić information content (AvgIpc) is 2.69. The highest BCUT2D eigenvalue weighted by Gasteiger charge is 2.21. The number of hydrogen-bond acceptors (Lipinski definition) is 4. The molecule has 152 valence electrons. The van der Waals surface area contributed by atoms with Gasteiger partial charge >= 0.3 is 0 Å². The monoisotopic (exact) mass is 390 g/mol. The summed E-state index contributed by atoms with van der Waals surface area (Å²) in [6.45, 7) is 2.92. The van der Waals surface area contributed by atoms with Gasteiger partial charge in [-0.2, -0.15) is 0 Å². The van der Waals surface area contributed by atoms with E-state index < -0.39 is 0 Å². The molecule has 4 nitrogen and oxygen atoms in total. The first-order valence-electron chi connectivity index (χ1n) is 9.71. The number of benzene rings is 2. The van der Waals surface area contributed by atoms with Crippen LogP contribution in [0.1, 0.15) is 34.5 Å². The summed E-state index contributed by atoms with van der Waals surface area (Å²) in [4.78, 5) is 0. The van der Waals surface area contributed by atoms with E-state index in [1.165, 1.54) is 12.1 Å². The SMILES string of the molecule is CNC[C@@H]1OCCc2cc(F)ccc21.CNC[C@H]1OCCc2cc(F)ccc21. The third-order valence-electron chi connectivity index (χ3n) is 5.06. The Hall–Kier alpha value is -1.86. The molecule has 0 saturated carbocycles. The van der Waals surface area contributed by atoms with Gasteiger partial charge in [0, 0.05) is 13.1 Å². The van der Waals surface area contributed by atoms with Crippen LogP contribution in [0.25, 0.3) is 0 Å². The molecular formula is C22H28F2N2O2. The summed E-state index contributed by atoms with van der Waals surface area (Å²) in [6, 6.07) is 9.87. The number of fused-ring (bicyclic) bond motifs is 2. The van der Waals surface area contributed by atoms with Crippen molar-refractivity contribution in [3.8, 4) is 0 Å². The van der Waals surface area contributed by atoms with E-state index in [1.54, 1.807) is 12.1 Å². The van der Waals surface area contributed by atoms with Crippen molar-refractivity contribution >= 4 is 0 Å². The Morgan fingerprint density at radius 2 is 1.21 bits per heavy atom. The van der Waals surface area contributed by atoms with Gasteiger partial charge in [0.2, 0.25) is 0 Å². The Balaban J connectivity index is 0.000000161. The van der Waals surface area contributed by atoms with Crippen molar-refractivity contribution in [2.45, 2.75) is 25.0 Å². The summed E-state index contributed by atoms with van der Waals surface area (Å²) < 4.78 is 37.1. The molecule has 2 aliphatic rings. The summed E-state index contributed by atoms with van der Waals surface area (Å²) in [5.74, 6) is -0.317. The second-order valence-corrected chi connectivity index (χ2v) is 7.02. The van der Waals surface area contributed by atoms with E-state index in [4.69, 9.17) is 9.47 Å². The normalized spacial score (nSPS) is 20.6. The van der Waals surface area contributed by atoms with Gasteiger partial charge in [-0.15, -0.1) is 0 Å². The number of nitrogens with one attached hydrogen (secondary N) is 2. The van der Waals surface area contributed by atoms with Gasteiger partial charge in [0.15, 0.2) is 0 Å². The molecule has 0 aromatic heterocycles. The lowest BCUT2D eigenvalue weighted by Crippen LogP contribution is -2.25.